The van der Waals surface area contributed by atoms with Gasteiger partial charge in [0.05, 0.1) is 25.3 Å². The van der Waals surface area contributed by atoms with Gasteiger partial charge in [0.2, 0.25) is 5.13 Å². The third-order valence-corrected chi connectivity index (χ3v) is 9.69. The van der Waals surface area contributed by atoms with Gasteiger partial charge >= 0.3 is 5.91 Å². The number of ketones is 1. The van der Waals surface area contributed by atoms with Crippen LogP contribution in [0.2, 0.25) is 10.0 Å². The van der Waals surface area contributed by atoms with Gasteiger partial charge in [-0.25, -0.2) is 0 Å². The minimum atomic E-state index is -0.994. The molecule has 0 bridgehead atoms. The molecular formula is C32H29Cl2N3O5S2. The Hall–Kier alpha value is -3.57. The number of aryl methyl sites for hydroxylation is 1. The third kappa shape index (κ3) is 6.73. The highest BCUT2D eigenvalue weighted by molar-refractivity contribution is 8.00. The lowest BCUT2D eigenvalue weighted by Crippen LogP contribution is -2.29. The monoisotopic (exact) mass is 669 g/mol. The summed E-state index contributed by atoms with van der Waals surface area (Å²) in [6, 6.07) is 16.6. The molecule has 1 aliphatic heterocycles. The predicted octanol–water partition coefficient (Wildman–Crippen LogP) is 8.26. The topological polar surface area (TPSA) is 102 Å². The summed E-state index contributed by atoms with van der Waals surface area (Å²) in [5.74, 6) is -0.457. The molecule has 1 amide bonds. The number of methoxy groups -OCH3 is 1. The van der Waals surface area contributed by atoms with Gasteiger partial charge in [-0.3, -0.25) is 14.5 Å². The van der Waals surface area contributed by atoms with Crippen LogP contribution in [0.4, 0.5) is 5.13 Å². The Morgan fingerprint density at radius 1 is 1.05 bits per heavy atom. The Morgan fingerprint density at radius 2 is 1.82 bits per heavy atom. The first kappa shape index (κ1) is 31.8. The van der Waals surface area contributed by atoms with Crippen molar-refractivity contribution < 1.29 is 24.2 Å². The molecule has 0 radical (unpaired) electrons. The Labute approximate surface area is 273 Å². The average molecular weight is 671 g/mol. The second-order valence-electron chi connectivity index (χ2n) is 10.0. The van der Waals surface area contributed by atoms with E-state index < -0.39 is 17.7 Å². The molecule has 3 aromatic carbocycles. The Kier molecular flexibility index (Phi) is 10.2. The number of Topliss-reactive ketones (excluding diaryl/α,β-unsaturated/α-hetero) is 1. The van der Waals surface area contributed by atoms with E-state index in [1.807, 2.05) is 25.1 Å². The van der Waals surface area contributed by atoms with Crippen molar-refractivity contribution in [3.63, 3.8) is 0 Å². The average Bonchev–Trinajstić information content (AvgIpc) is 3.58. The lowest BCUT2D eigenvalue weighted by atomic mass is 9.95. The van der Waals surface area contributed by atoms with Gasteiger partial charge in [0.1, 0.15) is 5.76 Å². The molecule has 8 nitrogen and oxygen atoms in total. The smallest absolute Gasteiger partial charge is 0.301 e. The van der Waals surface area contributed by atoms with Gasteiger partial charge in [-0.05, 0) is 48.7 Å². The molecule has 1 unspecified atom stereocenters. The van der Waals surface area contributed by atoms with Crippen LogP contribution in [0.25, 0.3) is 5.76 Å². The third-order valence-electron chi connectivity index (χ3n) is 7.00. The number of anilines is 1. The van der Waals surface area contributed by atoms with Gasteiger partial charge in [-0.2, -0.15) is 0 Å². The van der Waals surface area contributed by atoms with Crippen molar-refractivity contribution in [1.82, 2.24) is 10.2 Å². The van der Waals surface area contributed by atoms with E-state index in [-0.39, 0.29) is 16.5 Å². The Balaban J connectivity index is 1.55. The molecule has 12 heteroatoms. The molecule has 2 heterocycles. The molecule has 1 saturated heterocycles. The van der Waals surface area contributed by atoms with Gasteiger partial charge in [0.25, 0.3) is 5.78 Å². The van der Waals surface area contributed by atoms with Crippen molar-refractivity contribution in [2.24, 2.45) is 0 Å². The van der Waals surface area contributed by atoms with Gasteiger partial charge in [0.15, 0.2) is 15.8 Å². The lowest BCUT2D eigenvalue weighted by molar-refractivity contribution is -0.132. The van der Waals surface area contributed by atoms with E-state index in [0.29, 0.717) is 49.4 Å². The van der Waals surface area contributed by atoms with E-state index >= 15 is 0 Å². The number of aliphatic hydroxyl groups is 1. The van der Waals surface area contributed by atoms with Crippen LogP contribution >= 0.6 is 46.3 Å². The maximum atomic E-state index is 13.6. The fourth-order valence-corrected chi connectivity index (χ4v) is 7.07. The molecule has 1 N–H and O–H groups in total. The molecule has 1 aliphatic rings. The second-order valence-corrected chi connectivity index (χ2v) is 13.0. The van der Waals surface area contributed by atoms with Crippen molar-refractivity contribution in [2.75, 3.05) is 18.6 Å². The summed E-state index contributed by atoms with van der Waals surface area (Å²) >= 11 is 14.9. The molecule has 0 saturated carbocycles. The fourth-order valence-electron chi connectivity index (χ4n) is 4.65. The van der Waals surface area contributed by atoms with Gasteiger partial charge in [-0.15, -0.1) is 10.2 Å². The minimum absolute atomic E-state index is 0.0575. The molecule has 44 heavy (non-hydrogen) atoms. The van der Waals surface area contributed by atoms with Crippen LogP contribution in [-0.2, 0) is 15.3 Å². The highest BCUT2D eigenvalue weighted by atomic mass is 35.5. The molecule has 0 spiro atoms. The SMILES string of the molecule is CCCCOc1ccc(C2/C(=C(/O)c3ccc(C)cc3)C(=O)C(=O)N2c2nnc(SCc3ccc(Cl)cc3Cl)s2)cc1OC. The van der Waals surface area contributed by atoms with Gasteiger partial charge in [-0.1, -0.05) is 102 Å². The van der Waals surface area contributed by atoms with Gasteiger partial charge < -0.3 is 14.6 Å². The van der Waals surface area contributed by atoms with E-state index in [1.165, 1.54) is 35.1 Å². The summed E-state index contributed by atoms with van der Waals surface area (Å²) in [7, 11) is 1.52. The van der Waals surface area contributed by atoms with Gasteiger partial charge in [0, 0.05) is 21.4 Å². The summed E-state index contributed by atoms with van der Waals surface area (Å²) in [4.78, 5) is 28.5. The van der Waals surface area contributed by atoms with Crippen molar-refractivity contribution in [1.29, 1.82) is 0 Å². The number of amides is 1. The number of hydrogen-bond donors (Lipinski definition) is 1. The molecule has 0 aliphatic carbocycles. The normalized spacial score (nSPS) is 16.0. The first-order valence-corrected chi connectivity index (χ1v) is 16.4. The van der Waals surface area contributed by atoms with Crippen molar-refractivity contribution >= 4 is 68.9 Å². The summed E-state index contributed by atoms with van der Waals surface area (Å²) in [5.41, 5.74) is 2.75. The van der Waals surface area contributed by atoms with Crippen LogP contribution in [0.5, 0.6) is 11.5 Å². The number of ether oxygens (including phenoxy) is 2. The molecule has 5 rings (SSSR count). The van der Waals surface area contributed by atoms with Crippen LogP contribution in [-0.4, -0.2) is 40.7 Å². The van der Waals surface area contributed by atoms with E-state index in [9.17, 15) is 14.7 Å². The van der Waals surface area contributed by atoms with Crippen molar-refractivity contribution in [3.05, 3.63) is 98.5 Å². The summed E-state index contributed by atoms with van der Waals surface area (Å²) in [5, 5.41) is 21.3. The Morgan fingerprint density at radius 3 is 2.52 bits per heavy atom. The van der Waals surface area contributed by atoms with E-state index in [4.69, 9.17) is 32.7 Å². The number of aromatic nitrogens is 2. The maximum Gasteiger partial charge on any atom is 0.301 e. The number of hydrogen-bond acceptors (Lipinski definition) is 9. The number of aliphatic hydroxyl groups excluding tert-OH is 1. The van der Waals surface area contributed by atoms with E-state index in [1.54, 1.807) is 42.5 Å². The molecule has 1 atom stereocenters. The summed E-state index contributed by atoms with van der Waals surface area (Å²) < 4.78 is 12.1. The van der Waals surface area contributed by atoms with E-state index in [0.717, 1.165) is 24.0 Å². The molecule has 228 valence electrons. The largest absolute Gasteiger partial charge is 0.507 e. The fraction of sp³-hybridized carbons (Fsp3) is 0.250. The zero-order valence-electron chi connectivity index (χ0n) is 24.2. The maximum absolute atomic E-state index is 13.6. The predicted molar refractivity (Wildman–Crippen MR) is 175 cm³/mol. The van der Waals surface area contributed by atoms with E-state index in [2.05, 4.69) is 17.1 Å². The molecule has 1 fully saturated rings. The van der Waals surface area contributed by atoms with Crippen LogP contribution in [0.3, 0.4) is 0 Å². The lowest BCUT2D eigenvalue weighted by Gasteiger charge is -2.23. The van der Waals surface area contributed by atoms with Crippen LogP contribution in [0, 0.1) is 6.92 Å². The number of carbonyl (C=O) groups excluding carboxylic acids is 2. The molecular weight excluding hydrogens is 641 g/mol. The zero-order chi connectivity index (χ0) is 31.4. The number of nitrogens with zero attached hydrogens (tertiary/aromatic N) is 3. The van der Waals surface area contributed by atoms with Crippen LogP contribution in [0.1, 0.15) is 48.1 Å². The zero-order valence-corrected chi connectivity index (χ0v) is 27.3. The summed E-state index contributed by atoms with van der Waals surface area (Å²) in [6.07, 6.45) is 1.85. The summed E-state index contributed by atoms with van der Waals surface area (Å²) in [6.45, 7) is 4.51. The Bertz CT molecular complexity index is 1730. The number of halogens is 2. The quantitative estimate of drug-likeness (QED) is 0.0425. The highest BCUT2D eigenvalue weighted by Gasteiger charge is 2.48. The van der Waals surface area contributed by atoms with Crippen molar-refractivity contribution in [3.8, 4) is 11.5 Å². The minimum Gasteiger partial charge on any atom is -0.507 e. The first-order valence-electron chi connectivity index (χ1n) is 13.8. The van der Waals surface area contributed by atoms with Crippen molar-refractivity contribution in [2.45, 2.75) is 42.8 Å². The first-order chi connectivity index (χ1) is 21.2. The van der Waals surface area contributed by atoms with Crippen LogP contribution in [0.15, 0.2) is 70.6 Å². The number of unbranched alkanes of at least 4 members (excludes halogenated alkanes) is 1. The second kappa shape index (κ2) is 14.0. The highest BCUT2D eigenvalue weighted by Crippen LogP contribution is 2.45. The molecule has 4 aromatic rings. The molecule has 1 aromatic heterocycles. The number of benzene rings is 3. The van der Waals surface area contributed by atoms with Crippen LogP contribution < -0.4 is 14.4 Å². The number of carbonyl (C=O) groups is 2. The number of rotatable bonds is 11. The number of thioether (sulfide) groups is 1. The standard InChI is InChI=1S/C32H29Cl2N3O5S2/c1-4-5-14-42-24-13-11-20(15-25(24)41-3)27-26(28(38)19-8-6-18(2)7-9-19)29(39)30(40)37(27)31-35-36-32(44-31)43-17-21-10-12-22(33)16-23(21)34/h6-13,15-16,27,38H,4-5,14,17H2,1-3H3/b28-26-.